The lowest BCUT2D eigenvalue weighted by Crippen LogP contribution is -2.46. The van der Waals surface area contributed by atoms with Crippen LogP contribution in [-0.2, 0) is 0 Å². The van der Waals surface area contributed by atoms with Crippen molar-refractivity contribution in [3.63, 3.8) is 0 Å². The van der Waals surface area contributed by atoms with E-state index in [9.17, 15) is 8.78 Å². The Bertz CT molecular complexity index is 959. The molecule has 2 aliphatic rings. The number of anilines is 1. The second-order valence-electron chi connectivity index (χ2n) is 6.98. The first-order chi connectivity index (χ1) is 12.6. The monoisotopic (exact) mass is 359 g/mol. The molecule has 0 spiro atoms. The number of aromatic nitrogens is 5. The van der Waals surface area contributed by atoms with Crippen LogP contribution in [0.15, 0.2) is 24.8 Å². The maximum Gasteiger partial charge on any atom is 0.280 e. The SMILES string of the molecule is C[C@H]1CCN1c1nc(-c2cnn(C3CNC3)c2)cn2c(C(F)F)cnc12. The average Bonchev–Trinajstić information content (AvgIpc) is 3.18. The Balaban J connectivity index is 1.64. The number of rotatable bonds is 4. The number of fused-ring (bicyclic) bond motifs is 1. The highest BCUT2D eigenvalue weighted by Gasteiger charge is 2.29. The van der Waals surface area contributed by atoms with Crippen molar-refractivity contribution in [1.29, 1.82) is 0 Å². The van der Waals surface area contributed by atoms with Crippen molar-refractivity contribution in [3.8, 4) is 11.3 Å². The largest absolute Gasteiger partial charge is 0.351 e. The zero-order valence-electron chi connectivity index (χ0n) is 14.3. The van der Waals surface area contributed by atoms with Crippen LogP contribution < -0.4 is 10.2 Å². The Morgan fingerprint density at radius 2 is 2.08 bits per heavy atom. The highest BCUT2D eigenvalue weighted by atomic mass is 19.3. The topological polar surface area (TPSA) is 63.3 Å². The summed E-state index contributed by atoms with van der Waals surface area (Å²) in [6, 6.07) is 0.671. The van der Waals surface area contributed by atoms with Crippen molar-refractivity contribution in [2.75, 3.05) is 24.5 Å². The fourth-order valence-corrected chi connectivity index (χ4v) is 3.45. The Hall–Kier alpha value is -2.55. The van der Waals surface area contributed by atoms with Crippen molar-refractivity contribution in [2.45, 2.75) is 31.9 Å². The summed E-state index contributed by atoms with van der Waals surface area (Å²) in [6.07, 6.45) is 5.02. The van der Waals surface area contributed by atoms with Gasteiger partial charge in [0.05, 0.1) is 24.1 Å². The Labute approximate surface area is 148 Å². The average molecular weight is 359 g/mol. The van der Waals surface area contributed by atoms with Crippen molar-refractivity contribution < 1.29 is 8.78 Å². The molecule has 0 bridgehead atoms. The van der Waals surface area contributed by atoms with Crippen LogP contribution in [-0.4, -0.2) is 49.8 Å². The molecule has 0 saturated carbocycles. The number of hydrogen-bond acceptors (Lipinski definition) is 5. The van der Waals surface area contributed by atoms with E-state index in [1.807, 2.05) is 10.9 Å². The van der Waals surface area contributed by atoms with Gasteiger partial charge in [-0.25, -0.2) is 18.7 Å². The summed E-state index contributed by atoms with van der Waals surface area (Å²) < 4.78 is 30.2. The van der Waals surface area contributed by atoms with Crippen molar-refractivity contribution in [1.82, 2.24) is 29.5 Å². The summed E-state index contributed by atoms with van der Waals surface area (Å²) in [4.78, 5) is 11.1. The second kappa shape index (κ2) is 5.73. The molecule has 9 heteroatoms. The van der Waals surface area contributed by atoms with E-state index < -0.39 is 6.43 Å². The van der Waals surface area contributed by atoms with Gasteiger partial charge in [0.25, 0.3) is 6.43 Å². The third kappa shape index (κ3) is 2.30. The summed E-state index contributed by atoms with van der Waals surface area (Å²) in [6.45, 7) is 4.74. The lowest BCUT2D eigenvalue weighted by atomic mass is 10.1. The molecule has 3 aromatic heterocycles. The molecule has 1 N–H and O–H groups in total. The maximum absolute atomic E-state index is 13.4. The maximum atomic E-state index is 13.4. The molecular weight excluding hydrogens is 340 g/mol. The van der Waals surface area contributed by atoms with Gasteiger partial charge in [0.1, 0.15) is 5.69 Å². The van der Waals surface area contributed by atoms with Crippen LogP contribution >= 0.6 is 0 Å². The van der Waals surface area contributed by atoms with Crippen LogP contribution in [0.1, 0.15) is 31.5 Å². The predicted molar refractivity (Wildman–Crippen MR) is 92.5 cm³/mol. The van der Waals surface area contributed by atoms with Gasteiger partial charge in [-0.05, 0) is 13.3 Å². The highest BCUT2D eigenvalue weighted by molar-refractivity contribution is 5.71. The number of imidazole rings is 1. The van der Waals surface area contributed by atoms with E-state index in [1.54, 1.807) is 12.4 Å². The summed E-state index contributed by atoms with van der Waals surface area (Å²) >= 11 is 0. The quantitative estimate of drug-likeness (QED) is 0.774. The molecule has 0 amide bonds. The van der Waals surface area contributed by atoms with Crippen molar-refractivity contribution in [2.24, 2.45) is 0 Å². The molecule has 0 unspecified atom stereocenters. The minimum absolute atomic E-state index is 0.117. The molecule has 5 heterocycles. The fourth-order valence-electron chi connectivity index (χ4n) is 3.45. The van der Waals surface area contributed by atoms with Gasteiger partial charge < -0.3 is 10.2 Å². The van der Waals surface area contributed by atoms with E-state index in [-0.39, 0.29) is 5.69 Å². The normalized spacial score (nSPS) is 20.6. The molecule has 136 valence electrons. The number of nitrogens with one attached hydrogen (secondary N) is 1. The third-order valence-electron chi connectivity index (χ3n) is 5.35. The molecule has 0 aliphatic carbocycles. The Kier molecular flexibility index (Phi) is 3.46. The first kappa shape index (κ1) is 15.7. The summed E-state index contributed by atoms with van der Waals surface area (Å²) in [5, 5.41) is 7.63. The van der Waals surface area contributed by atoms with Gasteiger partial charge in [0.15, 0.2) is 11.5 Å². The van der Waals surface area contributed by atoms with Gasteiger partial charge in [-0.2, -0.15) is 5.10 Å². The van der Waals surface area contributed by atoms with Crippen LogP contribution in [0.25, 0.3) is 16.9 Å². The summed E-state index contributed by atoms with van der Waals surface area (Å²) in [5.74, 6) is 0.659. The van der Waals surface area contributed by atoms with Crippen molar-refractivity contribution >= 4 is 11.5 Å². The number of nitrogens with zero attached hydrogens (tertiary/aromatic N) is 6. The molecule has 0 radical (unpaired) electrons. The molecule has 3 aromatic rings. The Morgan fingerprint density at radius 3 is 2.69 bits per heavy atom. The molecule has 2 fully saturated rings. The van der Waals surface area contributed by atoms with E-state index in [2.05, 4.69) is 27.2 Å². The summed E-state index contributed by atoms with van der Waals surface area (Å²) in [5.41, 5.74) is 1.81. The van der Waals surface area contributed by atoms with Gasteiger partial charge in [0.2, 0.25) is 0 Å². The molecule has 7 nitrogen and oxygen atoms in total. The van der Waals surface area contributed by atoms with Crippen LogP contribution in [0, 0.1) is 0 Å². The zero-order valence-corrected chi connectivity index (χ0v) is 14.3. The van der Waals surface area contributed by atoms with Gasteiger partial charge in [-0.1, -0.05) is 0 Å². The van der Waals surface area contributed by atoms with Gasteiger partial charge >= 0.3 is 0 Å². The molecule has 2 saturated heterocycles. The van der Waals surface area contributed by atoms with E-state index in [4.69, 9.17) is 4.98 Å². The number of alkyl halides is 2. The van der Waals surface area contributed by atoms with Crippen LogP contribution in [0.3, 0.4) is 0 Å². The molecule has 1 atom stereocenters. The standard InChI is InChI=1S/C17H19F2N7/c1-10-2-3-24(10)17-16-21-7-14(15(18)19)25(16)9-13(23-17)11-4-22-26(8-11)12-5-20-6-12/h4,7-10,12,15,20H,2-3,5-6H2,1H3/t10-/m0/s1. The van der Waals surface area contributed by atoms with Gasteiger partial charge in [0, 0.05) is 43.6 Å². The second-order valence-corrected chi connectivity index (χ2v) is 6.98. The van der Waals surface area contributed by atoms with E-state index in [0.717, 1.165) is 31.6 Å². The minimum atomic E-state index is -2.59. The molecule has 2 aliphatic heterocycles. The zero-order chi connectivity index (χ0) is 17.8. The van der Waals surface area contributed by atoms with Gasteiger partial charge in [-0.15, -0.1) is 0 Å². The Morgan fingerprint density at radius 1 is 1.23 bits per heavy atom. The van der Waals surface area contributed by atoms with Crippen molar-refractivity contribution in [3.05, 3.63) is 30.5 Å². The minimum Gasteiger partial charge on any atom is -0.351 e. The van der Waals surface area contributed by atoms with E-state index >= 15 is 0 Å². The smallest absolute Gasteiger partial charge is 0.280 e. The summed E-state index contributed by atoms with van der Waals surface area (Å²) in [7, 11) is 0. The van der Waals surface area contributed by atoms with Gasteiger partial charge in [-0.3, -0.25) is 9.08 Å². The van der Waals surface area contributed by atoms with Crippen LogP contribution in [0.5, 0.6) is 0 Å². The lowest BCUT2D eigenvalue weighted by Gasteiger charge is -2.39. The predicted octanol–water partition coefficient (Wildman–Crippen LogP) is 2.27. The van der Waals surface area contributed by atoms with E-state index in [1.165, 1.54) is 10.6 Å². The number of halogens is 2. The van der Waals surface area contributed by atoms with Crippen LogP contribution in [0.4, 0.5) is 14.6 Å². The highest BCUT2D eigenvalue weighted by Crippen LogP contribution is 2.33. The first-order valence-electron chi connectivity index (χ1n) is 8.80. The third-order valence-corrected chi connectivity index (χ3v) is 5.35. The first-order valence-corrected chi connectivity index (χ1v) is 8.80. The fraction of sp³-hybridized carbons (Fsp3) is 0.471. The lowest BCUT2D eigenvalue weighted by molar-refractivity contribution is 0.145. The molecule has 0 aromatic carbocycles. The number of hydrogen-bond donors (Lipinski definition) is 1. The molecular formula is C17H19F2N7. The molecule has 5 rings (SSSR count). The molecule has 26 heavy (non-hydrogen) atoms. The van der Waals surface area contributed by atoms with Crippen LogP contribution in [0.2, 0.25) is 0 Å². The van der Waals surface area contributed by atoms with E-state index in [0.29, 0.717) is 29.2 Å².